The molecule has 0 fully saturated rings. The van der Waals surface area contributed by atoms with E-state index >= 15 is 0 Å². The predicted octanol–water partition coefficient (Wildman–Crippen LogP) is 1.06. The van der Waals surface area contributed by atoms with Crippen LogP contribution in [0.25, 0.3) is 0 Å². The molecule has 0 saturated carbocycles. The number of hydrazine groups is 1. The van der Waals surface area contributed by atoms with Crippen LogP contribution >= 0.6 is 15.9 Å². The molecule has 1 rings (SSSR count). The number of rotatable bonds is 5. The fourth-order valence-corrected chi connectivity index (χ4v) is 2.35. The minimum absolute atomic E-state index is 0.0200. The predicted molar refractivity (Wildman–Crippen MR) is 95.1 cm³/mol. The molecule has 0 spiro atoms. The molecule has 3 amide bonds. The van der Waals surface area contributed by atoms with Crippen molar-refractivity contribution in [2.75, 3.05) is 20.1 Å². The maximum atomic E-state index is 12.0. The van der Waals surface area contributed by atoms with E-state index in [0.717, 1.165) is 0 Å². The van der Waals surface area contributed by atoms with Crippen molar-refractivity contribution in [2.24, 2.45) is 0 Å². The first kappa shape index (κ1) is 20.1. The van der Waals surface area contributed by atoms with Crippen LogP contribution in [0.2, 0.25) is 0 Å². The topological polar surface area (TPSA) is 90.5 Å². The smallest absolute Gasteiger partial charge is 0.270 e. The molecule has 0 aliphatic rings. The molecule has 0 aliphatic carbocycles. The first-order valence-electron chi connectivity index (χ1n) is 7.42. The van der Waals surface area contributed by atoms with E-state index < -0.39 is 11.8 Å². The number of benzene rings is 1. The van der Waals surface area contributed by atoms with Crippen molar-refractivity contribution in [1.82, 2.24) is 21.1 Å². The van der Waals surface area contributed by atoms with Crippen LogP contribution in [0.5, 0.6) is 0 Å². The summed E-state index contributed by atoms with van der Waals surface area (Å²) in [6, 6.07) is 6.88. The third-order valence-electron chi connectivity index (χ3n) is 2.78. The first-order valence-corrected chi connectivity index (χ1v) is 8.21. The fraction of sp³-hybridized carbons (Fsp3) is 0.438. The van der Waals surface area contributed by atoms with E-state index in [2.05, 4.69) is 32.1 Å². The zero-order valence-electron chi connectivity index (χ0n) is 14.3. The Hall–Kier alpha value is -1.93. The lowest BCUT2D eigenvalue weighted by atomic mass is 10.1. The zero-order chi connectivity index (χ0) is 18.3. The van der Waals surface area contributed by atoms with E-state index in [-0.39, 0.29) is 24.5 Å². The lowest BCUT2D eigenvalue weighted by Gasteiger charge is -2.23. The third kappa shape index (κ3) is 7.56. The second kappa shape index (κ2) is 8.79. The first-order chi connectivity index (χ1) is 11.1. The minimum Gasteiger partial charge on any atom is -0.350 e. The molecule has 0 radical (unpaired) electrons. The summed E-state index contributed by atoms with van der Waals surface area (Å²) in [5.74, 6) is -1.01. The number of carbonyl (C=O) groups excluding carboxylic acids is 3. The maximum Gasteiger partial charge on any atom is 0.270 e. The molecule has 0 saturated heterocycles. The van der Waals surface area contributed by atoms with Gasteiger partial charge in [-0.25, -0.2) is 0 Å². The maximum absolute atomic E-state index is 12.0. The van der Waals surface area contributed by atoms with Crippen LogP contribution in [0.4, 0.5) is 0 Å². The summed E-state index contributed by atoms with van der Waals surface area (Å²) >= 11 is 3.27. The van der Waals surface area contributed by atoms with Crippen molar-refractivity contribution in [3.8, 4) is 0 Å². The van der Waals surface area contributed by atoms with Gasteiger partial charge in [0, 0.05) is 10.0 Å². The zero-order valence-corrected chi connectivity index (χ0v) is 15.9. The van der Waals surface area contributed by atoms with Crippen LogP contribution < -0.4 is 16.2 Å². The van der Waals surface area contributed by atoms with Crippen LogP contribution in [0.15, 0.2) is 28.7 Å². The molecular formula is C16H23BrN4O3. The molecule has 8 heteroatoms. The molecule has 0 atom stereocenters. The Morgan fingerprint density at radius 1 is 1.04 bits per heavy atom. The molecule has 0 unspecified atom stereocenters. The van der Waals surface area contributed by atoms with Crippen LogP contribution in [-0.2, 0) is 9.59 Å². The number of nitrogens with zero attached hydrogens (tertiary/aromatic N) is 1. The van der Waals surface area contributed by atoms with E-state index in [9.17, 15) is 14.4 Å². The molecule has 3 N–H and O–H groups in total. The highest BCUT2D eigenvalue weighted by Gasteiger charge is 2.17. The second-order valence-electron chi connectivity index (χ2n) is 6.45. The molecule has 0 bridgehead atoms. The Labute approximate surface area is 150 Å². The summed E-state index contributed by atoms with van der Waals surface area (Å²) in [4.78, 5) is 37.1. The van der Waals surface area contributed by atoms with Crippen molar-refractivity contribution in [3.63, 3.8) is 0 Å². The van der Waals surface area contributed by atoms with E-state index in [1.165, 1.54) is 0 Å². The van der Waals surface area contributed by atoms with E-state index in [0.29, 0.717) is 10.0 Å². The van der Waals surface area contributed by atoms with E-state index in [1.54, 1.807) is 36.2 Å². The lowest BCUT2D eigenvalue weighted by Crippen LogP contribution is -2.49. The number of nitrogens with one attached hydrogen (secondary N) is 3. The molecule has 0 aromatic heterocycles. The Balaban J connectivity index is 2.39. The summed E-state index contributed by atoms with van der Waals surface area (Å²) in [5, 5.41) is 2.81. The van der Waals surface area contributed by atoms with Gasteiger partial charge in [0.15, 0.2) is 0 Å². The molecular weight excluding hydrogens is 376 g/mol. The standard InChI is InChI=1S/C16H23BrN4O3/c1-16(2,3)18-13(22)9-21(4)10-14(23)19-20-15(24)11-7-5-6-8-12(11)17/h5-8H,9-10H2,1-4H3,(H,18,22)(H,19,23)(H,20,24). The Morgan fingerprint density at radius 3 is 2.21 bits per heavy atom. The van der Waals surface area contributed by atoms with Gasteiger partial charge in [0.25, 0.3) is 11.8 Å². The molecule has 1 aromatic carbocycles. The summed E-state index contributed by atoms with van der Waals surface area (Å²) < 4.78 is 0.632. The number of carbonyl (C=O) groups is 3. The molecule has 1 aromatic rings. The Kier molecular flexibility index (Phi) is 7.37. The number of hydrogen-bond donors (Lipinski definition) is 3. The Bertz CT molecular complexity index is 614. The number of hydrogen-bond acceptors (Lipinski definition) is 4. The van der Waals surface area contributed by atoms with Gasteiger partial charge in [-0.3, -0.25) is 30.1 Å². The molecule has 132 valence electrons. The van der Waals surface area contributed by atoms with Crippen LogP contribution in [0.3, 0.4) is 0 Å². The molecule has 0 heterocycles. The quantitative estimate of drug-likeness (QED) is 0.646. The minimum atomic E-state index is -0.427. The van der Waals surface area contributed by atoms with Gasteiger partial charge in [-0.05, 0) is 55.9 Å². The normalized spacial score (nSPS) is 11.1. The number of halogens is 1. The van der Waals surface area contributed by atoms with Gasteiger partial charge in [-0.15, -0.1) is 0 Å². The second-order valence-corrected chi connectivity index (χ2v) is 7.31. The fourth-order valence-electron chi connectivity index (χ4n) is 1.88. The van der Waals surface area contributed by atoms with Gasteiger partial charge in [-0.1, -0.05) is 12.1 Å². The molecule has 24 heavy (non-hydrogen) atoms. The van der Waals surface area contributed by atoms with Crippen LogP contribution in [0.1, 0.15) is 31.1 Å². The van der Waals surface area contributed by atoms with Crippen LogP contribution in [0, 0.1) is 0 Å². The average Bonchev–Trinajstić information content (AvgIpc) is 2.42. The van der Waals surface area contributed by atoms with Gasteiger partial charge >= 0.3 is 0 Å². The van der Waals surface area contributed by atoms with Crippen molar-refractivity contribution in [2.45, 2.75) is 26.3 Å². The van der Waals surface area contributed by atoms with Gasteiger partial charge in [-0.2, -0.15) is 0 Å². The van der Waals surface area contributed by atoms with Gasteiger partial charge < -0.3 is 5.32 Å². The molecule has 7 nitrogen and oxygen atoms in total. The SMILES string of the molecule is CN(CC(=O)NNC(=O)c1ccccc1Br)CC(=O)NC(C)(C)C. The highest BCUT2D eigenvalue weighted by molar-refractivity contribution is 9.10. The highest BCUT2D eigenvalue weighted by atomic mass is 79.9. The van der Waals surface area contributed by atoms with Crippen molar-refractivity contribution in [3.05, 3.63) is 34.3 Å². The summed E-state index contributed by atoms with van der Waals surface area (Å²) in [6.45, 7) is 5.72. The van der Waals surface area contributed by atoms with Crippen molar-refractivity contribution in [1.29, 1.82) is 0 Å². The van der Waals surface area contributed by atoms with Crippen molar-refractivity contribution < 1.29 is 14.4 Å². The summed E-state index contributed by atoms with van der Waals surface area (Å²) in [5.41, 5.74) is 4.76. The van der Waals surface area contributed by atoms with Crippen molar-refractivity contribution >= 4 is 33.7 Å². The average molecular weight is 399 g/mol. The summed E-state index contributed by atoms with van der Waals surface area (Å²) in [7, 11) is 1.65. The third-order valence-corrected chi connectivity index (χ3v) is 3.47. The number of likely N-dealkylation sites (N-methyl/N-ethyl adjacent to an activating group) is 1. The van der Waals surface area contributed by atoms with Gasteiger partial charge in [0.05, 0.1) is 18.7 Å². The number of amides is 3. The lowest BCUT2D eigenvalue weighted by molar-refractivity contribution is -0.125. The van der Waals surface area contributed by atoms with E-state index in [4.69, 9.17) is 0 Å². The Morgan fingerprint density at radius 2 is 1.62 bits per heavy atom. The molecule has 0 aliphatic heterocycles. The van der Waals surface area contributed by atoms with Gasteiger partial charge in [0.2, 0.25) is 5.91 Å². The monoisotopic (exact) mass is 398 g/mol. The van der Waals surface area contributed by atoms with Crippen LogP contribution in [-0.4, -0.2) is 48.3 Å². The highest BCUT2D eigenvalue weighted by Crippen LogP contribution is 2.15. The largest absolute Gasteiger partial charge is 0.350 e. The summed E-state index contributed by atoms with van der Waals surface area (Å²) in [6.07, 6.45) is 0. The van der Waals surface area contributed by atoms with Gasteiger partial charge in [0.1, 0.15) is 0 Å². The van der Waals surface area contributed by atoms with E-state index in [1.807, 2.05) is 20.8 Å².